The summed E-state index contributed by atoms with van der Waals surface area (Å²) in [4.78, 5) is 12.4. The normalized spacial score (nSPS) is 19.8. The molecule has 1 aromatic carbocycles. The van der Waals surface area contributed by atoms with Gasteiger partial charge in [0, 0.05) is 0 Å². The summed E-state index contributed by atoms with van der Waals surface area (Å²) in [6.07, 6.45) is 14.7. The van der Waals surface area contributed by atoms with Gasteiger partial charge in [0.25, 0.3) is 0 Å². The number of rotatable bonds is 9. The second-order valence-electron chi connectivity index (χ2n) is 8.26. The molecule has 4 heteroatoms. The van der Waals surface area contributed by atoms with Crippen LogP contribution in [0.15, 0.2) is 33.5 Å². The highest BCUT2D eigenvalue weighted by Crippen LogP contribution is 2.33. The Morgan fingerprint density at radius 3 is 2.62 bits per heavy atom. The molecule has 3 nitrogen and oxygen atoms in total. The fourth-order valence-corrected chi connectivity index (χ4v) is 4.15. The molecular weight excluding hydrogens is 367 g/mol. The highest BCUT2D eigenvalue weighted by atomic mass is 19.1. The minimum atomic E-state index is -0.649. The van der Waals surface area contributed by atoms with Crippen LogP contribution in [0.25, 0.3) is 16.8 Å². The number of unbranched alkanes of at least 4 members (excludes halogenated alkanes) is 2. The summed E-state index contributed by atoms with van der Waals surface area (Å²) in [7, 11) is 0. The summed E-state index contributed by atoms with van der Waals surface area (Å²) in [5.41, 5.74) is -0.649. The molecule has 0 aliphatic heterocycles. The molecule has 0 unspecified atom stereocenters. The number of fused-ring (bicyclic) bond motifs is 1. The molecular formula is C25H33FO3. The Kier molecular flexibility index (Phi) is 7.91. The van der Waals surface area contributed by atoms with E-state index in [9.17, 15) is 9.18 Å². The standard InChI is InChI=1S/C25H33FO3/c1-3-5-7-18-8-10-19(11-9-18)12-14-21-17-20-13-15-22(28-16-6-4-2)24(26)23(20)25(27)29-21/h12-15,17-19H,3-11,16H2,1-2H3/b14-12+. The fourth-order valence-electron chi connectivity index (χ4n) is 4.15. The van der Waals surface area contributed by atoms with Crippen molar-refractivity contribution < 1.29 is 13.5 Å². The Hall–Kier alpha value is -2.10. The van der Waals surface area contributed by atoms with Gasteiger partial charge in [-0.3, -0.25) is 0 Å². The Labute approximate surface area is 173 Å². The molecule has 2 aromatic rings. The summed E-state index contributed by atoms with van der Waals surface area (Å²) >= 11 is 0. The maximum absolute atomic E-state index is 14.7. The summed E-state index contributed by atoms with van der Waals surface area (Å²) in [5, 5.41) is 0.511. The second-order valence-corrected chi connectivity index (χ2v) is 8.26. The first kappa shape index (κ1) is 21.6. The Bertz CT molecular complexity index is 876. The minimum Gasteiger partial charge on any atom is -0.490 e. The third-order valence-corrected chi connectivity index (χ3v) is 6.00. The van der Waals surface area contributed by atoms with E-state index in [0.717, 1.165) is 18.8 Å². The number of hydrogen-bond donors (Lipinski definition) is 0. The number of benzene rings is 1. The third-order valence-electron chi connectivity index (χ3n) is 6.00. The number of hydrogen-bond acceptors (Lipinski definition) is 3. The van der Waals surface area contributed by atoms with Crippen molar-refractivity contribution in [2.75, 3.05) is 6.61 Å². The van der Waals surface area contributed by atoms with Gasteiger partial charge >= 0.3 is 5.63 Å². The molecule has 0 amide bonds. The minimum absolute atomic E-state index is 0.0346. The van der Waals surface area contributed by atoms with Gasteiger partial charge < -0.3 is 9.15 Å². The molecule has 0 N–H and O–H groups in total. The molecule has 1 aliphatic rings. The largest absolute Gasteiger partial charge is 0.490 e. The van der Waals surface area contributed by atoms with Crippen LogP contribution >= 0.6 is 0 Å². The smallest absolute Gasteiger partial charge is 0.347 e. The van der Waals surface area contributed by atoms with E-state index in [0.29, 0.717) is 23.7 Å². The molecule has 158 valence electrons. The van der Waals surface area contributed by atoms with Crippen molar-refractivity contribution in [3.05, 3.63) is 46.3 Å². The molecule has 1 saturated carbocycles. The topological polar surface area (TPSA) is 39.4 Å². The van der Waals surface area contributed by atoms with Crippen molar-refractivity contribution in [1.82, 2.24) is 0 Å². The molecule has 29 heavy (non-hydrogen) atoms. The average Bonchev–Trinajstić information content (AvgIpc) is 2.73. The maximum atomic E-state index is 14.7. The molecule has 1 heterocycles. The van der Waals surface area contributed by atoms with Crippen molar-refractivity contribution in [1.29, 1.82) is 0 Å². The number of ether oxygens (including phenoxy) is 1. The fraction of sp³-hybridized carbons (Fsp3) is 0.560. The zero-order valence-electron chi connectivity index (χ0n) is 17.7. The van der Waals surface area contributed by atoms with Gasteiger partial charge in [-0.2, -0.15) is 0 Å². The number of halogens is 1. The molecule has 0 spiro atoms. The van der Waals surface area contributed by atoms with Crippen molar-refractivity contribution in [2.24, 2.45) is 11.8 Å². The lowest BCUT2D eigenvalue weighted by Crippen LogP contribution is -2.13. The molecule has 0 saturated heterocycles. The van der Waals surface area contributed by atoms with Crippen LogP contribution in [-0.4, -0.2) is 6.61 Å². The van der Waals surface area contributed by atoms with Gasteiger partial charge in [0.15, 0.2) is 11.6 Å². The van der Waals surface area contributed by atoms with Crippen molar-refractivity contribution in [2.45, 2.75) is 71.6 Å². The molecule has 0 atom stereocenters. The highest BCUT2D eigenvalue weighted by molar-refractivity contribution is 5.84. The monoisotopic (exact) mass is 400 g/mol. The van der Waals surface area contributed by atoms with Gasteiger partial charge in [0.2, 0.25) is 0 Å². The van der Waals surface area contributed by atoms with E-state index >= 15 is 0 Å². The zero-order chi connectivity index (χ0) is 20.6. The van der Waals surface area contributed by atoms with Crippen LogP contribution in [0.4, 0.5) is 4.39 Å². The highest BCUT2D eigenvalue weighted by Gasteiger charge is 2.19. The quantitative estimate of drug-likeness (QED) is 0.421. The predicted molar refractivity (Wildman–Crippen MR) is 117 cm³/mol. The zero-order valence-corrected chi connectivity index (χ0v) is 17.7. The van der Waals surface area contributed by atoms with Gasteiger partial charge in [-0.1, -0.05) is 51.7 Å². The summed E-state index contributed by atoms with van der Waals surface area (Å²) in [6, 6.07) is 5.06. The first-order chi connectivity index (χ1) is 14.1. The third kappa shape index (κ3) is 5.71. The van der Waals surface area contributed by atoms with Crippen molar-refractivity contribution in [3.8, 4) is 5.75 Å². The van der Waals surface area contributed by atoms with Gasteiger partial charge in [-0.15, -0.1) is 0 Å². The Balaban J connectivity index is 1.69. The number of allylic oxidation sites excluding steroid dienone is 1. The Morgan fingerprint density at radius 1 is 1.14 bits per heavy atom. The van der Waals surface area contributed by atoms with Gasteiger partial charge in [-0.05, 0) is 67.5 Å². The first-order valence-corrected chi connectivity index (χ1v) is 11.2. The van der Waals surface area contributed by atoms with E-state index in [1.54, 1.807) is 18.2 Å². The molecule has 0 radical (unpaired) electrons. The van der Waals surface area contributed by atoms with Crippen LogP contribution in [0, 0.1) is 17.7 Å². The van der Waals surface area contributed by atoms with Crippen LogP contribution in [0.2, 0.25) is 0 Å². The van der Waals surface area contributed by atoms with Crippen LogP contribution < -0.4 is 10.4 Å². The van der Waals surface area contributed by atoms with Crippen LogP contribution in [0.1, 0.15) is 77.4 Å². The van der Waals surface area contributed by atoms with Crippen LogP contribution in [0.3, 0.4) is 0 Å². The van der Waals surface area contributed by atoms with E-state index in [4.69, 9.17) is 9.15 Å². The maximum Gasteiger partial charge on any atom is 0.347 e. The second kappa shape index (κ2) is 10.6. The van der Waals surface area contributed by atoms with Crippen LogP contribution in [0.5, 0.6) is 5.75 Å². The predicted octanol–water partition coefficient (Wildman–Crippen LogP) is 7.12. The SMILES string of the molecule is CCCCOc1ccc2cc(/C=C/C3CCC(CCCC)CC3)oc(=O)c2c1F. The average molecular weight is 401 g/mol. The molecule has 1 aromatic heterocycles. The van der Waals surface area contributed by atoms with Crippen molar-refractivity contribution in [3.63, 3.8) is 0 Å². The lowest BCUT2D eigenvalue weighted by Gasteiger charge is -2.26. The van der Waals surface area contributed by atoms with E-state index < -0.39 is 11.4 Å². The van der Waals surface area contributed by atoms with E-state index in [-0.39, 0.29) is 11.1 Å². The van der Waals surface area contributed by atoms with Gasteiger partial charge in [0.1, 0.15) is 11.1 Å². The molecule has 1 fully saturated rings. The first-order valence-electron chi connectivity index (χ1n) is 11.2. The Morgan fingerprint density at radius 2 is 1.90 bits per heavy atom. The lowest BCUT2D eigenvalue weighted by molar-refractivity contribution is 0.291. The van der Waals surface area contributed by atoms with Crippen LogP contribution in [-0.2, 0) is 0 Å². The summed E-state index contributed by atoms with van der Waals surface area (Å²) < 4.78 is 25.5. The summed E-state index contributed by atoms with van der Waals surface area (Å²) in [6.45, 7) is 4.73. The molecule has 1 aliphatic carbocycles. The van der Waals surface area contributed by atoms with Crippen molar-refractivity contribution >= 4 is 16.8 Å². The lowest BCUT2D eigenvalue weighted by atomic mass is 9.79. The van der Waals surface area contributed by atoms with Gasteiger partial charge in [-0.25, -0.2) is 9.18 Å². The summed E-state index contributed by atoms with van der Waals surface area (Å²) in [5.74, 6) is 1.36. The molecule has 3 rings (SSSR count). The van der Waals surface area contributed by atoms with Gasteiger partial charge in [0.05, 0.1) is 6.61 Å². The molecule has 0 bridgehead atoms. The van der Waals surface area contributed by atoms with E-state index in [1.807, 2.05) is 13.0 Å². The van der Waals surface area contributed by atoms with E-state index in [1.165, 1.54) is 44.9 Å². The van der Waals surface area contributed by atoms with E-state index in [2.05, 4.69) is 13.0 Å².